The summed E-state index contributed by atoms with van der Waals surface area (Å²) in [4.78, 5) is 29.0. The van der Waals surface area contributed by atoms with Crippen LogP contribution in [-0.4, -0.2) is 26.7 Å². The number of methoxy groups -OCH3 is 2. The number of carbonyl (C=O) groups is 1. The molecule has 1 atom stereocenters. The van der Waals surface area contributed by atoms with E-state index in [2.05, 4.69) is 6.92 Å². The van der Waals surface area contributed by atoms with E-state index in [1.165, 1.54) is 24.1 Å². The normalized spacial score (nSPS) is 14.6. The van der Waals surface area contributed by atoms with Gasteiger partial charge in [0.05, 0.1) is 37.8 Å². The van der Waals surface area contributed by atoms with Crippen LogP contribution in [-0.2, 0) is 0 Å². The molecule has 5 rings (SSSR count). The van der Waals surface area contributed by atoms with Gasteiger partial charge in [-0.25, -0.2) is 4.39 Å². The summed E-state index contributed by atoms with van der Waals surface area (Å²) < 4.78 is 36.8. The first-order chi connectivity index (χ1) is 18.5. The number of halogens is 1. The van der Waals surface area contributed by atoms with Crippen molar-refractivity contribution in [3.8, 4) is 17.2 Å². The number of benzene rings is 3. The Morgan fingerprint density at radius 2 is 1.71 bits per heavy atom. The highest BCUT2D eigenvalue weighted by molar-refractivity contribution is 6.10. The molecule has 1 aliphatic heterocycles. The van der Waals surface area contributed by atoms with E-state index in [9.17, 15) is 14.0 Å². The molecule has 0 fully saturated rings. The maximum absolute atomic E-state index is 14.1. The fraction of sp³-hybridized carbons (Fsp3) is 0.267. The van der Waals surface area contributed by atoms with E-state index in [0.717, 1.165) is 25.3 Å². The summed E-state index contributed by atoms with van der Waals surface area (Å²) in [6.07, 6.45) is 3.06. The summed E-state index contributed by atoms with van der Waals surface area (Å²) in [7, 11) is 3.09. The van der Waals surface area contributed by atoms with Gasteiger partial charge in [-0.05, 0) is 66.6 Å². The smallest absolute Gasteiger partial charge is 0.295 e. The lowest BCUT2D eigenvalue weighted by atomic mass is 9.97. The Morgan fingerprint density at radius 1 is 0.921 bits per heavy atom. The minimum atomic E-state index is -0.835. The van der Waals surface area contributed by atoms with Gasteiger partial charge in [0.15, 0.2) is 16.9 Å². The minimum absolute atomic E-state index is 0.0703. The van der Waals surface area contributed by atoms with E-state index >= 15 is 0 Å². The van der Waals surface area contributed by atoms with Crippen molar-refractivity contribution in [1.82, 2.24) is 0 Å². The molecule has 1 aliphatic rings. The van der Waals surface area contributed by atoms with E-state index in [1.807, 2.05) is 0 Å². The largest absolute Gasteiger partial charge is 0.497 e. The van der Waals surface area contributed by atoms with Crippen LogP contribution in [0.3, 0.4) is 0 Å². The number of rotatable bonds is 9. The van der Waals surface area contributed by atoms with Crippen molar-refractivity contribution in [2.45, 2.75) is 32.2 Å². The zero-order valence-corrected chi connectivity index (χ0v) is 21.5. The van der Waals surface area contributed by atoms with Crippen molar-refractivity contribution < 1.29 is 27.8 Å². The van der Waals surface area contributed by atoms with Crippen LogP contribution in [0.25, 0.3) is 11.0 Å². The van der Waals surface area contributed by atoms with E-state index in [4.69, 9.17) is 18.6 Å². The first-order valence-electron chi connectivity index (χ1n) is 12.5. The summed E-state index contributed by atoms with van der Waals surface area (Å²) >= 11 is 0. The molecule has 2 heterocycles. The van der Waals surface area contributed by atoms with Crippen molar-refractivity contribution in [1.29, 1.82) is 0 Å². The topological polar surface area (TPSA) is 78.2 Å². The number of anilines is 1. The molecule has 0 aliphatic carbocycles. The average molecular weight is 518 g/mol. The van der Waals surface area contributed by atoms with Crippen molar-refractivity contribution in [2.75, 3.05) is 25.7 Å². The van der Waals surface area contributed by atoms with E-state index < -0.39 is 23.2 Å². The van der Waals surface area contributed by atoms with Crippen LogP contribution < -0.4 is 24.5 Å². The molecule has 1 unspecified atom stereocenters. The first-order valence-corrected chi connectivity index (χ1v) is 12.5. The number of hydrogen-bond acceptors (Lipinski definition) is 6. The Kier molecular flexibility index (Phi) is 7.05. The van der Waals surface area contributed by atoms with Crippen LogP contribution in [0, 0.1) is 5.82 Å². The van der Waals surface area contributed by atoms with Gasteiger partial charge in [-0.15, -0.1) is 0 Å². The van der Waals surface area contributed by atoms with Gasteiger partial charge in [0.2, 0.25) is 5.76 Å². The molecular formula is C30H28FNO6. The maximum Gasteiger partial charge on any atom is 0.295 e. The lowest BCUT2D eigenvalue weighted by Gasteiger charge is -2.26. The van der Waals surface area contributed by atoms with Gasteiger partial charge < -0.3 is 18.6 Å². The van der Waals surface area contributed by atoms with Gasteiger partial charge in [-0.3, -0.25) is 14.5 Å². The third-order valence-corrected chi connectivity index (χ3v) is 6.69. The molecule has 0 spiro atoms. The van der Waals surface area contributed by atoms with E-state index in [-0.39, 0.29) is 22.3 Å². The van der Waals surface area contributed by atoms with Gasteiger partial charge >= 0.3 is 0 Å². The number of unbranched alkanes of at least 4 members (excludes halogenated alkanes) is 2. The SMILES string of the molecule is CCCCCOc1ccc(C2c3c(oc4ccc(F)cc4c3=O)C(=O)N2c2ccc(OC)cc2)cc1OC. The fourth-order valence-corrected chi connectivity index (χ4v) is 4.78. The predicted molar refractivity (Wildman–Crippen MR) is 142 cm³/mol. The molecule has 7 nitrogen and oxygen atoms in total. The third kappa shape index (κ3) is 4.47. The van der Waals surface area contributed by atoms with Crippen molar-refractivity contribution in [2.24, 2.45) is 0 Å². The first kappa shape index (κ1) is 25.3. The maximum atomic E-state index is 14.1. The molecule has 0 radical (unpaired) electrons. The highest BCUT2D eigenvalue weighted by Crippen LogP contribution is 2.43. The summed E-state index contributed by atoms with van der Waals surface area (Å²) in [6, 6.07) is 15.1. The number of carbonyl (C=O) groups excluding carboxylic acids is 1. The van der Waals surface area contributed by atoms with Crippen molar-refractivity contribution >= 4 is 22.6 Å². The number of amides is 1. The molecule has 38 heavy (non-hydrogen) atoms. The number of hydrogen-bond donors (Lipinski definition) is 0. The van der Waals surface area contributed by atoms with Gasteiger partial charge in [0.25, 0.3) is 5.91 Å². The molecule has 0 bridgehead atoms. The van der Waals surface area contributed by atoms with Crippen LogP contribution in [0.15, 0.2) is 69.9 Å². The third-order valence-electron chi connectivity index (χ3n) is 6.69. The molecule has 196 valence electrons. The van der Waals surface area contributed by atoms with Crippen molar-refractivity contribution in [3.63, 3.8) is 0 Å². The molecule has 0 saturated heterocycles. The monoisotopic (exact) mass is 517 g/mol. The van der Waals surface area contributed by atoms with Crippen LogP contribution in [0.5, 0.6) is 17.2 Å². The lowest BCUT2D eigenvalue weighted by Crippen LogP contribution is -2.29. The summed E-state index contributed by atoms with van der Waals surface area (Å²) in [6.45, 7) is 2.67. The van der Waals surface area contributed by atoms with Crippen LogP contribution in [0.4, 0.5) is 10.1 Å². The number of ether oxygens (including phenoxy) is 3. The minimum Gasteiger partial charge on any atom is -0.497 e. The Bertz CT molecular complexity index is 1550. The quantitative estimate of drug-likeness (QED) is 0.244. The zero-order chi connectivity index (χ0) is 26.8. The highest BCUT2D eigenvalue weighted by atomic mass is 19.1. The summed E-state index contributed by atoms with van der Waals surface area (Å²) in [5.41, 5.74) is 0.984. The standard InChI is InChI=1S/C30H28FNO6/c1-4-5-6-15-37-24-13-7-18(16-25(24)36-3)27-26-28(33)22-17-19(31)8-14-23(22)38-29(26)30(34)32(27)20-9-11-21(35-2)12-10-20/h7-14,16-17,27H,4-6,15H2,1-3H3. The zero-order valence-electron chi connectivity index (χ0n) is 21.5. The van der Waals surface area contributed by atoms with E-state index in [0.29, 0.717) is 35.1 Å². The number of fused-ring (bicyclic) bond motifs is 2. The van der Waals surface area contributed by atoms with Crippen molar-refractivity contribution in [3.05, 3.63) is 93.6 Å². The average Bonchev–Trinajstić information content (AvgIpc) is 3.23. The lowest BCUT2D eigenvalue weighted by molar-refractivity contribution is 0.0971. The Balaban J connectivity index is 1.66. The molecule has 8 heteroatoms. The molecule has 1 amide bonds. The van der Waals surface area contributed by atoms with Gasteiger partial charge in [0, 0.05) is 5.69 Å². The molecule has 1 aromatic heterocycles. The Hall–Kier alpha value is -4.33. The Morgan fingerprint density at radius 3 is 2.42 bits per heavy atom. The second kappa shape index (κ2) is 10.6. The Labute approximate surface area is 219 Å². The number of nitrogens with zero attached hydrogens (tertiary/aromatic N) is 1. The second-order valence-corrected chi connectivity index (χ2v) is 9.06. The highest BCUT2D eigenvalue weighted by Gasteiger charge is 2.44. The van der Waals surface area contributed by atoms with Gasteiger partial charge in [-0.1, -0.05) is 25.8 Å². The molecular weight excluding hydrogens is 489 g/mol. The van der Waals surface area contributed by atoms with Crippen LogP contribution >= 0.6 is 0 Å². The second-order valence-electron chi connectivity index (χ2n) is 9.06. The van der Waals surface area contributed by atoms with Gasteiger partial charge in [-0.2, -0.15) is 0 Å². The molecule has 0 N–H and O–H groups in total. The fourth-order valence-electron chi connectivity index (χ4n) is 4.78. The molecule has 3 aromatic carbocycles. The summed E-state index contributed by atoms with van der Waals surface area (Å²) in [5, 5.41) is 0.0703. The summed E-state index contributed by atoms with van der Waals surface area (Å²) in [5.74, 6) is 0.553. The molecule has 4 aromatic rings. The van der Waals surface area contributed by atoms with Crippen LogP contribution in [0.2, 0.25) is 0 Å². The van der Waals surface area contributed by atoms with Crippen LogP contribution in [0.1, 0.15) is 53.9 Å². The van der Waals surface area contributed by atoms with Gasteiger partial charge in [0.1, 0.15) is 17.1 Å². The predicted octanol–water partition coefficient (Wildman–Crippen LogP) is 6.27. The van der Waals surface area contributed by atoms with E-state index in [1.54, 1.807) is 49.6 Å². The molecule has 0 saturated carbocycles.